The van der Waals surface area contributed by atoms with E-state index in [1.165, 1.54) is 0 Å². The summed E-state index contributed by atoms with van der Waals surface area (Å²) < 4.78 is 1.68. The summed E-state index contributed by atoms with van der Waals surface area (Å²) in [4.78, 5) is 16.8. The van der Waals surface area contributed by atoms with Gasteiger partial charge in [-0.25, -0.2) is 4.98 Å². The van der Waals surface area contributed by atoms with Crippen molar-refractivity contribution >= 4 is 28.7 Å². The lowest BCUT2D eigenvalue weighted by Gasteiger charge is -2.10. The highest BCUT2D eigenvalue weighted by atomic mass is 35.5. The Kier molecular flexibility index (Phi) is 4.56. The summed E-state index contributed by atoms with van der Waals surface area (Å²) in [5.41, 5.74) is 4.58. The van der Waals surface area contributed by atoms with Crippen molar-refractivity contribution in [2.45, 2.75) is 13.5 Å². The number of rotatable bonds is 4. The maximum absolute atomic E-state index is 12.5. The molecule has 4 rings (SSSR count). The summed E-state index contributed by atoms with van der Waals surface area (Å²) in [6.45, 7) is 2.30. The molecule has 2 aromatic heterocycles. The van der Waals surface area contributed by atoms with E-state index in [-0.39, 0.29) is 5.91 Å². The molecule has 27 heavy (non-hydrogen) atoms. The first-order valence-electron chi connectivity index (χ1n) is 8.42. The van der Waals surface area contributed by atoms with Gasteiger partial charge in [-0.05, 0) is 54.4 Å². The first kappa shape index (κ1) is 17.2. The number of benzene rings is 2. The predicted molar refractivity (Wildman–Crippen MR) is 104 cm³/mol. The van der Waals surface area contributed by atoms with E-state index in [0.29, 0.717) is 22.8 Å². The van der Waals surface area contributed by atoms with Gasteiger partial charge in [0.1, 0.15) is 5.52 Å². The number of carbonyl (C=O) groups is 1. The molecule has 7 heteroatoms. The number of hydrogen-bond acceptors (Lipinski definition) is 4. The fourth-order valence-electron chi connectivity index (χ4n) is 2.88. The van der Waals surface area contributed by atoms with E-state index in [1.54, 1.807) is 23.0 Å². The van der Waals surface area contributed by atoms with Gasteiger partial charge < -0.3 is 5.32 Å². The zero-order valence-electron chi connectivity index (χ0n) is 14.6. The Morgan fingerprint density at radius 3 is 2.81 bits per heavy atom. The van der Waals surface area contributed by atoms with Crippen molar-refractivity contribution in [3.05, 3.63) is 82.5 Å². The molecule has 0 aliphatic rings. The van der Waals surface area contributed by atoms with Crippen molar-refractivity contribution in [1.29, 1.82) is 0 Å². The Morgan fingerprint density at radius 2 is 2.00 bits per heavy atom. The standard InChI is InChI=1S/C20H16ClN5O/c1-13-11-14(20(27)23-12-15-5-2-3-6-16(15)21)8-9-18(13)26-19-17(24-25-26)7-4-10-22-19/h2-11H,12H2,1H3,(H,23,27). The van der Waals surface area contributed by atoms with E-state index in [9.17, 15) is 4.79 Å². The minimum atomic E-state index is -0.161. The predicted octanol–water partition coefficient (Wildman–Crippen LogP) is 3.71. The van der Waals surface area contributed by atoms with Gasteiger partial charge in [-0.2, -0.15) is 4.68 Å². The van der Waals surface area contributed by atoms with E-state index in [0.717, 1.165) is 22.3 Å². The van der Waals surface area contributed by atoms with Gasteiger partial charge in [0.25, 0.3) is 5.91 Å². The zero-order chi connectivity index (χ0) is 18.8. The van der Waals surface area contributed by atoms with Gasteiger partial charge in [-0.3, -0.25) is 4.79 Å². The van der Waals surface area contributed by atoms with Gasteiger partial charge in [0.05, 0.1) is 5.69 Å². The molecule has 0 spiro atoms. The molecule has 0 aliphatic carbocycles. The number of amides is 1. The van der Waals surface area contributed by atoms with E-state index < -0.39 is 0 Å². The van der Waals surface area contributed by atoms with Gasteiger partial charge in [-0.15, -0.1) is 5.10 Å². The quantitative estimate of drug-likeness (QED) is 0.588. The molecule has 6 nitrogen and oxygen atoms in total. The lowest BCUT2D eigenvalue weighted by molar-refractivity contribution is 0.0951. The Bertz CT molecular complexity index is 1140. The van der Waals surface area contributed by atoms with Crippen LogP contribution in [0.25, 0.3) is 16.9 Å². The third kappa shape index (κ3) is 3.39. The SMILES string of the molecule is Cc1cc(C(=O)NCc2ccccc2Cl)ccc1-n1nnc2cccnc21. The van der Waals surface area contributed by atoms with Crippen LogP contribution in [0.4, 0.5) is 0 Å². The number of pyridine rings is 1. The van der Waals surface area contributed by atoms with Gasteiger partial charge >= 0.3 is 0 Å². The van der Waals surface area contributed by atoms with E-state index in [2.05, 4.69) is 20.6 Å². The van der Waals surface area contributed by atoms with Crippen molar-refractivity contribution in [1.82, 2.24) is 25.3 Å². The van der Waals surface area contributed by atoms with Crippen LogP contribution in [0.15, 0.2) is 60.8 Å². The number of aryl methyl sites for hydroxylation is 1. The van der Waals surface area contributed by atoms with Gasteiger partial charge in [0.15, 0.2) is 5.65 Å². The van der Waals surface area contributed by atoms with Crippen LogP contribution in [0.5, 0.6) is 0 Å². The van der Waals surface area contributed by atoms with Crippen LogP contribution < -0.4 is 5.32 Å². The lowest BCUT2D eigenvalue weighted by atomic mass is 10.1. The molecule has 0 radical (unpaired) electrons. The molecular weight excluding hydrogens is 362 g/mol. The lowest BCUT2D eigenvalue weighted by Crippen LogP contribution is -2.23. The second-order valence-corrected chi connectivity index (χ2v) is 6.53. The zero-order valence-corrected chi connectivity index (χ0v) is 15.3. The van der Waals surface area contributed by atoms with Gasteiger partial charge in [-0.1, -0.05) is 35.0 Å². The molecule has 1 N–H and O–H groups in total. The van der Waals surface area contributed by atoms with Crippen LogP contribution in [0, 0.1) is 6.92 Å². The summed E-state index contributed by atoms with van der Waals surface area (Å²) in [5.74, 6) is -0.161. The summed E-state index contributed by atoms with van der Waals surface area (Å²) in [6, 6.07) is 16.6. The Hall–Kier alpha value is -3.25. The summed E-state index contributed by atoms with van der Waals surface area (Å²) in [6.07, 6.45) is 1.70. The smallest absolute Gasteiger partial charge is 0.251 e. The molecular formula is C20H16ClN5O. The highest BCUT2D eigenvalue weighted by molar-refractivity contribution is 6.31. The van der Waals surface area contributed by atoms with Crippen molar-refractivity contribution in [2.24, 2.45) is 0 Å². The molecule has 0 saturated carbocycles. The van der Waals surface area contributed by atoms with E-state index >= 15 is 0 Å². The molecule has 0 aliphatic heterocycles. The van der Waals surface area contributed by atoms with Crippen LogP contribution in [0.3, 0.4) is 0 Å². The highest BCUT2D eigenvalue weighted by Crippen LogP contribution is 2.19. The minimum Gasteiger partial charge on any atom is -0.348 e. The van der Waals surface area contributed by atoms with Crippen molar-refractivity contribution in [2.75, 3.05) is 0 Å². The molecule has 2 heterocycles. The number of fused-ring (bicyclic) bond motifs is 1. The molecule has 0 bridgehead atoms. The first-order valence-corrected chi connectivity index (χ1v) is 8.80. The third-order valence-corrected chi connectivity index (χ3v) is 4.66. The van der Waals surface area contributed by atoms with Crippen LogP contribution >= 0.6 is 11.6 Å². The Labute approximate surface area is 160 Å². The van der Waals surface area contributed by atoms with Crippen LogP contribution in [0.1, 0.15) is 21.5 Å². The van der Waals surface area contributed by atoms with Crippen molar-refractivity contribution in [3.63, 3.8) is 0 Å². The molecule has 0 fully saturated rings. The van der Waals surface area contributed by atoms with Crippen LogP contribution in [-0.4, -0.2) is 25.9 Å². The molecule has 4 aromatic rings. The Morgan fingerprint density at radius 1 is 1.15 bits per heavy atom. The molecule has 2 aromatic carbocycles. The third-order valence-electron chi connectivity index (χ3n) is 4.29. The van der Waals surface area contributed by atoms with Crippen LogP contribution in [-0.2, 0) is 6.54 Å². The van der Waals surface area contributed by atoms with Crippen molar-refractivity contribution < 1.29 is 4.79 Å². The second kappa shape index (κ2) is 7.17. The fraction of sp³-hybridized carbons (Fsp3) is 0.100. The average Bonchev–Trinajstić information content (AvgIpc) is 3.11. The number of aromatic nitrogens is 4. The summed E-state index contributed by atoms with van der Waals surface area (Å²) in [7, 11) is 0. The van der Waals surface area contributed by atoms with Crippen LogP contribution in [0.2, 0.25) is 5.02 Å². The summed E-state index contributed by atoms with van der Waals surface area (Å²) >= 11 is 6.13. The maximum atomic E-state index is 12.5. The molecule has 1 amide bonds. The number of nitrogens with one attached hydrogen (secondary N) is 1. The Balaban J connectivity index is 1.56. The molecule has 0 atom stereocenters. The first-order chi connectivity index (χ1) is 13.1. The minimum absolute atomic E-state index is 0.161. The molecule has 0 saturated heterocycles. The molecule has 0 unspecified atom stereocenters. The number of carbonyl (C=O) groups excluding carboxylic acids is 1. The van der Waals surface area contributed by atoms with Crippen molar-refractivity contribution in [3.8, 4) is 5.69 Å². The van der Waals surface area contributed by atoms with Gasteiger partial charge in [0, 0.05) is 23.3 Å². The molecule has 134 valence electrons. The average molecular weight is 378 g/mol. The van der Waals surface area contributed by atoms with Gasteiger partial charge in [0.2, 0.25) is 0 Å². The topological polar surface area (TPSA) is 72.7 Å². The maximum Gasteiger partial charge on any atom is 0.251 e. The largest absolute Gasteiger partial charge is 0.348 e. The highest BCUT2D eigenvalue weighted by Gasteiger charge is 2.13. The second-order valence-electron chi connectivity index (χ2n) is 6.12. The normalized spacial score (nSPS) is 10.9. The number of hydrogen-bond donors (Lipinski definition) is 1. The number of nitrogens with zero attached hydrogens (tertiary/aromatic N) is 4. The van der Waals surface area contributed by atoms with E-state index in [1.807, 2.05) is 49.4 Å². The number of halogens is 1. The monoisotopic (exact) mass is 377 g/mol. The van der Waals surface area contributed by atoms with E-state index in [4.69, 9.17) is 11.6 Å². The summed E-state index contributed by atoms with van der Waals surface area (Å²) in [5, 5.41) is 11.8. The fourth-order valence-corrected chi connectivity index (χ4v) is 3.08.